The van der Waals surface area contributed by atoms with Crippen molar-refractivity contribution < 1.29 is 14.0 Å². The van der Waals surface area contributed by atoms with Crippen LogP contribution >= 0.6 is 11.6 Å². The standard InChI is InChI=1S/C19H16ClFN2O2/c20-16-11-15(8-9-17(16)21)22-18(24)10-3-12-1-4-13(5-2-12)19(25)23-14-6-7-14/h1-5,8-11,14H,6-7H2,(H,22,24)(H,23,25)/b10-3+. The lowest BCUT2D eigenvalue weighted by Gasteiger charge is -2.04. The first-order valence-corrected chi connectivity index (χ1v) is 8.24. The second-order valence-electron chi connectivity index (χ2n) is 5.82. The second kappa shape index (κ2) is 7.49. The highest BCUT2D eigenvalue weighted by atomic mass is 35.5. The summed E-state index contributed by atoms with van der Waals surface area (Å²) in [4.78, 5) is 23.8. The molecule has 0 radical (unpaired) electrons. The molecular weight excluding hydrogens is 343 g/mol. The molecule has 1 fully saturated rings. The minimum absolute atomic E-state index is 0.0538. The fourth-order valence-electron chi connectivity index (χ4n) is 2.17. The number of hydrogen-bond donors (Lipinski definition) is 2. The van der Waals surface area contributed by atoms with E-state index in [0.29, 0.717) is 17.3 Å². The molecule has 2 aromatic rings. The van der Waals surface area contributed by atoms with Crippen LogP contribution in [0.25, 0.3) is 6.08 Å². The minimum Gasteiger partial charge on any atom is -0.349 e. The van der Waals surface area contributed by atoms with Crippen molar-refractivity contribution in [2.75, 3.05) is 5.32 Å². The van der Waals surface area contributed by atoms with Gasteiger partial charge in [0, 0.05) is 23.4 Å². The number of anilines is 1. The number of rotatable bonds is 5. The molecule has 6 heteroatoms. The SMILES string of the molecule is O=C(/C=C/c1ccc(C(=O)NC2CC2)cc1)Nc1ccc(F)c(Cl)c1. The summed E-state index contributed by atoms with van der Waals surface area (Å²) in [5.41, 5.74) is 1.79. The molecule has 2 aromatic carbocycles. The van der Waals surface area contributed by atoms with Gasteiger partial charge < -0.3 is 10.6 Å². The van der Waals surface area contributed by atoms with Crippen LogP contribution in [0.3, 0.4) is 0 Å². The fourth-order valence-corrected chi connectivity index (χ4v) is 2.35. The number of halogens is 2. The second-order valence-corrected chi connectivity index (χ2v) is 6.23. The molecule has 4 nitrogen and oxygen atoms in total. The molecule has 0 spiro atoms. The van der Waals surface area contributed by atoms with E-state index in [1.807, 2.05) is 0 Å². The predicted octanol–water partition coefficient (Wildman–Crippen LogP) is 4.02. The van der Waals surface area contributed by atoms with Gasteiger partial charge in [0.1, 0.15) is 5.82 Å². The Kier molecular flexibility index (Phi) is 5.14. The molecule has 0 aliphatic heterocycles. The highest BCUT2D eigenvalue weighted by Gasteiger charge is 2.23. The van der Waals surface area contributed by atoms with Gasteiger partial charge in [-0.05, 0) is 54.8 Å². The van der Waals surface area contributed by atoms with E-state index in [2.05, 4.69) is 10.6 Å². The van der Waals surface area contributed by atoms with Gasteiger partial charge in [0.2, 0.25) is 5.91 Å². The van der Waals surface area contributed by atoms with Crippen LogP contribution in [0.2, 0.25) is 5.02 Å². The lowest BCUT2D eigenvalue weighted by atomic mass is 10.1. The maximum Gasteiger partial charge on any atom is 0.251 e. The average molecular weight is 359 g/mol. The lowest BCUT2D eigenvalue weighted by Crippen LogP contribution is -2.25. The summed E-state index contributed by atoms with van der Waals surface area (Å²) >= 11 is 5.67. The van der Waals surface area contributed by atoms with Crippen LogP contribution in [0, 0.1) is 5.82 Å². The highest BCUT2D eigenvalue weighted by molar-refractivity contribution is 6.31. The van der Waals surface area contributed by atoms with Gasteiger partial charge in [-0.25, -0.2) is 4.39 Å². The lowest BCUT2D eigenvalue weighted by molar-refractivity contribution is -0.111. The fraction of sp³-hybridized carbons (Fsp3) is 0.158. The normalized spacial score (nSPS) is 13.7. The summed E-state index contributed by atoms with van der Waals surface area (Å²) in [6.45, 7) is 0. The van der Waals surface area contributed by atoms with E-state index in [0.717, 1.165) is 18.4 Å². The Bertz CT molecular complexity index is 830. The predicted molar refractivity (Wildman–Crippen MR) is 96.0 cm³/mol. The first kappa shape index (κ1) is 17.2. The molecule has 25 heavy (non-hydrogen) atoms. The zero-order chi connectivity index (χ0) is 17.8. The van der Waals surface area contributed by atoms with Crippen LogP contribution in [-0.2, 0) is 4.79 Å². The Morgan fingerprint density at radius 3 is 2.48 bits per heavy atom. The van der Waals surface area contributed by atoms with Gasteiger partial charge in [0.05, 0.1) is 5.02 Å². The maximum absolute atomic E-state index is 13.1. The van der Waals surface area contributed by atoms with Crippen LogP contribution in [0.15, 0.2) is 48.5 Å². The summed E-state index contributed by atoms with van der Waals surface area (Å²) < 4.78 is 13.1. The molecule has 3 rings (SSSR count). The van der Waals surface area contributed by atoms with Gasteiger partial charge in [-0.15, -0.1) is 0 Å². The third-order valence-electron chi connectivity index (χ3n) is 3.70. The molecule has 1 aliphatic carbocycles. The van der Waals surface area contributed by atoms with Crippen molar-refractivity contribution in [3.05, 3.63) is 70.5 Å². The molecule has 1 saturated carbocycles. The topological polar surface area (TPSA) is 58.2 Å². The van der Waals surface area contributed by atoms with Gasteiger partial charge >= 0.3 is 0 Å². The summed E-state index contributed by atoms with van der Waals surface area (Å²) in [5.74, 6) is -0.983. The Balaban J connectivity index is 1.57. The Morgan fingerprint density at radius 1 is 1.12 bits per heavy atom. The van der Waals surface area contributed by atoms with Crippen molar-refractivity contribution in [1.82, 2.24) is 5.32 Å². The van der Waals surface area contributed by atoms with Crippen molar-refractivity contribution in [2.24, 2.45) is 0 Å². The minimum atomic E-state index is -0.541. The van der Waals surface area contributed by atoms with Crippen molar-refractivity contribution in [3.8, 4) is 0 Å². The molecule has 0 bridgehead atoms. The monoisotopic (exact) mass is 358 g/mol. The van der Waals surface area contributed by atoms with E-state index in [-0.39, 0.29) is 16.8 Å². The van der Waals surface area contributed by atoms with Crippen LogP contribution in [0.4, 0.5) is 10.1 Å². The zero-order valence-electron chi connectivity index (χ0n) is 13.3. The first-order chi connectivity index (χ1) is 12.0. The quantitative estimate of drug-likeness (QED) is 0.793. The number of nitrogens with one attached hydrogen (secondary N) is 2. The maximum atomic E-state index is 13.1. The van der Waals surface area contributed by atoms with E-state index in [9.17, 15) is 14.0 Å². The third kappa shape index (κ3) is 4.90. The smallest absolute Gasteiger partial charge is 0.251 e. The van der Waals surface area contributed by atoms with Gasteiger partial charge in [0.25, 0.3) is 5.91 Å². The average Bonchev–Trinajstić information content (AvgIpc) is 3.41. The van der Waals surface area contributed by atoms with E-state index in [4.69, 9.17) is 11.6 Å². The van der Waals surface area contributed by atoms with Gasteiger partial charge in [-0.3, -0.25) is 9.59 Å². The van der Waals surface area contributed by atoms with E-state index < -0.39 is 5.82 Å². The number of carbonyl (C=O) groups excluding carboxylic acids is 2. The Morgan fingerprint density at radius 2 is 1.84 bits per heavy atom. The summed E-state index contributed by atoms with van der Waals surface area (Å²) in [5, 5.41) is 5.46. The number of amides is 2. The molecule has 0 atom stereocenters. The molecular formula is C19H16ClFN2O2. The summed E-state index contributed by atoms with van der Waals surface area (Å²) in [6.07, 6.45) is 5.07. The number of carbonyl (C=O) groups is 2. The summed E-state index contributed by atoms with van der Waals surface area (Å²) in [7, 11) is 0. The van der Waals surface area contributed by atoms with Crippen LogP contribution < -0.4 is 10.6 Å². The Labute approximate surface area is 149 Å². The molecule has 2 N–H and O–H groups in total. The van der Waals surface area contributed by atoms with Crippen LogP contribution in [0.5, 0.6) is 0 Å². The molecule has 128 valence electrons. The van der Waals surface area contributed by atoms with Gasteiger partial charge in [0.15, 0.2) is 0 Å². The molecule has 2 amide bonds. The van der Waals surface area contributed by atoms with Crippen LogP contribution in [-0.4, -0.2) is 17.9 Å². The van der Waals surface area contributed by atoms with Crippen molar-refractivity contribution in [1.29, 1.82) is 0 Å². The van der Waals surface area contributed by atoms with Gasteiger partial charge in [-0.2, -0.15) is 0 Å². The molecule has 0 aromatic heterocycles. The molecule has 0 heterocycles. The van der Waals surface area contributed by atoms with E-state index in [1.54, 1.807) is 30.3 Å². The van der Waals surface area contributed by atoms with Crippen molar-refractivity contribution in [3.63, 3.8) is 0 Å². The van der Waals surface area contributed by atoms with E-state index in [1.165, 1.54) is 24.3 Å². The zero-order valence-corrected chi connectivity index (χ0v) is 14.0. The highest BCUT2D eigenvalue weighted by Crippen LogP contribution is 2.20. The van der Waals surface area contributed by atoms with Crippen molar-refractivity contribution >= 4 is 35.2 Å². The van der Waals surface area contributed by atoms with Crippen molar-refractivity contribution in [2.45, 2.75) is 18.9 Å². The molecule has 0 saturated heterocycles. The molecule has 0 unspecified atom stereocenters. The number of hydrogen-bond acceptors (Lipinski definition) is 2. The van der Waals surface area contributed by atoms with E-state index >= 15 is 0 Å². The third-order valence-corrected chi connectivity index (χ3v) is 3.99. The summed E-state index contributed by atoms with van der Waals surface area (Å²) in [6, 6.07) is 11.2. The molecule has 1 aliphatic rings. The van der Waals surface area contributed by atoms with Crippen LogP contribution in [0.1, 0.15) is 28.8 Å². The van der Waals surface area contributed by atoms with Gasteiger partial charge in [-0.1, -0.05) is 23.7 Å². The first-order valence-electron chi connectivity index (χ1n) is 7.86. The Hall–Kier alpha value is -2.66. The largest absolute Gasteiger partial charge is 0.349 e. The number of benzene rings is 2.